The number of benzene rings is 1. The second-order valence-electron chi connectivity index (χ2n) is 3.70. The Balaban J connectivity index is 3.22. The molecule has 0 radical (unpaired) electrons. The molecule has 4 heteroatoms. The van der Waals surface area contributed by atoms with Gasteiger partial charge >= 0.3 is 0 Å². The first-order valence-corrected chi connectivity index (χ1v) is 6.75. The van der Waals surface area contributed by atoms with Crippen LogP contribution in [0, 0.1) is 18.3 Å². The number of sulfone groups is 1. The van der Waals surface area contributed by atoms with Crippen LogP contribution in [0.5, 0.6) is 0 Å². The molecule has 1 aromatic rings. The van der Waals surface area contributed by atoms with Crippen molar-refractivity contribution >= 4 is 9.84 Å². The van der Waals surface area contributed by atoms with Crippen LogP contribution in [0.25, 0.3) is 0 Å². The molecule has 3 nitrogen and oxygen atoms in total. The molecule has 1 aromatic carbocycles. The lowest BCUT2D eigenvalue weighted by molar-refractivity contribution is 0.575. The van der Waals surface area contributed by atoms with Gasteiger partial charge in [-0.2, -0.15) is 5.26 Å². The third-order valence-electron chi connectivity index (χ3n) is 2.61. The van der Waals surface area contributed by atoms with Gasteiger partial charge in [0.1, 0.15) is 0 Å². The maximum atomic E-state index is 12.2. The van der Waals surface area contributed by atoms with E-state index >= 15 is 0 Å². The molecule has 1 unspecified atom stereocenters. The molecule has 0 aliphatic heterocycles. The average Bonchev–Trinajstić information content (AvgIpc) is 2.26. The number of nitriles is 1. The molecule has 86 valence electrons. The first kappa shape index (κ1) is 12.7. The summed E-state index contributed by atoms with van der Waals surface area (Å²) in [5.41, 5.74) is 0.735. The summed E-state index contributed by atoms with van der Waals surface area (Å²) in [5, 5.41) is 8.03. The number of hydrogen-bond donors (Lipinski definition) is 0. The molecule has 0 heterocycles. The predicted octanol–water partition coefficient (Wildman–Crippen LogP) is 2.46. The molecule has 0 aliphatic rings. The lowest BCUT2D eigenvalue weighted by atomic mass is 10.2. The summed E-state index contributed by atoms with van der Waals surface area (Å²) < 4.78 is 24.4. The van der Waals surface area contributed by atoms with Gasteiger partial charge in [-0.25, -0.2) is 8.42 Å². The topological polar surface area (TPSA) is 57.9 Å². The van der Waals surface area contributed by atoms with E-state index in [1.165, 1.54) is 0 Å². The van der Waals surface area contributed by atoms with Gasteiger partial charge in [-0.15, -0.1) is 0 Å². The Morgan fingerprint density at radius 3 is 2.50 bits per heavy atom. The fourth-order valence-electron chi connectivity index (χ4n) is 1.63. The van der Waals surface area contributed by atoms with Crippen molar-refractivity contribution < 1.29 is 8.42 Å². The summed E-state index contributed by atoms with van der Waals surface area (Å²) in [4.78, 5) is 0.345. The zero-order valence-corrected chi connectivity index (χ0v) is 10.3. The SMILES string of the molecule is CCC(CC#N)S(=O)(=O)c1ccccc1C. The van der Waals surface area contributed by atoms with E-state index < -0.39 is 15.1 Å². The van der Waals surface area contributed by atoms with E-state index in [1.54, 1.807) is 38.1 Å². The molecule has 0 spiro atoms. The smallest absolute Gasteiger partial charge is 0.182 e. The first-order valence-electron chi connectivity index (χ1n) is 5.20. The minimum absolute atomic E-state index is 0.0488. The second-order valence-corrected chi connectivity index (χ2v) is 5.90. The number of aryl methyl sites for hydroxylation is 1. The van der Waals surface area contributed by atoms with Crippen molar-refractivity contribution in [3.63, 3.8) is 0 Å². The zero-order chi connectivity index (χ0) is 12.2. The number of rotatable bonds is 4. The van der Waals surface area contributed by atoms with Gasteiger partial charge in [0.15, 0.2) is 9.84 Å². The summed E-state index contributed by atoms with van der Waals surface area (Å²) >= 11 is 0. The number of hydrogen-bond acceptors (Lipinski definition) is 3. The fraction of sp³-hybridized carbons (Fsp3) is 0.417. The van der Waals surface area contributed by atoms with Crippen LogP contribution in [0.4, 0.5) is 0 Å². The van der Waals surface area contributed by atoms with Crippen molar-refractivity contribution in [2.75, 3.05) is 0 Å². The molecular weight excluding hydrogens is 222 g/mol. The average molecular weight is 237 g/mol. The molecule has 0 aliphatic carbocycles. The largest absolute Gasteiger partial charge is 0.223 e. The highest BCUT2D eigenvalue weighted by molar-refractivity contribution is 7.92. The van der Waals surface area contributed by atoms with E-state index in [2.05, 4.69) is 0 Å². The Kier molecular flexibility index (Phi) is 4.08. The zero-order valence-electron chi connectivity index (χ0n) is 9.47. The summed E-state index contributed by atoms with van der Waals surface area (Å²) in [7, 11) is -3.37. The molecular formula is C12H15NO2S. The van der Waals surface area contributed by atoms with Crippen LogP contribution in [-0.4, -0.2) is 13.7 Å². The minimum Gasteiger partial charge on any atom is -0.223 e. The number of nitrogens with zero attached hydrogens (tertiary/aromatic N) is 1. The van der Waals surface area contributed by atoms with Gasteiger partial charge in [0.05, 0.1) is 22.6 Å². The molecule has 16 heavy (non-hydrogen) atoms. The van der Waals surface area contributed by atoms with Crippen LogP contribution in [0.1, 0.15) is 25.3 Å². The van der Waals surface area contributed by atoms with Crippen molar-refractivity contribution in [3.05, 3.63) is 29.8 Å². The van der Waals surface area contributed by atoms with E-state index in [0.29, 0.717) is 11.3 Å². The van der Waals surface area contributed by atoms with Crippen molar-refractivity contribution in [2.24, 2.45) is 0 Å². The molecule has 1 rings (SSSR count). The van der Waals surface area contributed by atoms with Crippen LogP contribution >= 0.6 is 0 Å². The van der Waals surface area contributed by atoms with Crippen molar-refractivity contribution in [3.8, 4) is 6.07 Å². The van der Waals surface area contributed by atoms with Crippen LogP contribution in [-0.2, 0) is 9.84 Å². The third-order valence-corrected chi connectivity index (χ3v) is 5.06. The van der Waals surface area contributed by atoms with E-state index in [-0.39, 0.29) is 6.42 Å². The van der Waals surface area contributed by atoms with E-state index in [9.17, 15) is 8.42 Å². The molecule has 0 amide bonds. The summed E-state index contributed by atoms with van der Waals surface area (Å²) in [6, 6.07) is 8.82. The van der Waals surface area contributed by atoms with Crippen molar-refractivity contribution in [1.29, 1.82) is 5.26 Å². The Labute approximate surface area is 96.6 Å². The van der Waals surface area contributed by atoms with E-state index in [0.717, 1.165) is 5.56 Å². The molecule has 1 atom stereocenters. The highest BCUT2D eigenvalue weighted by atomic mass is 32.2. The lowest BCUT2D eigenvalue weighted by Crippen LogP contribution is -2.21. The second kappa shape index (κ2) is 5.13. The van der Waals surface area contributed by atoms with Crippen LogP contribution in [0.3, 0.4) is 0 Å². The predicted molar refractivity (Wildman–Crippen MR) is 62.7 cm³/mol. The van der Waals surface area contributed by atoms with Gasteiger partial charge in [-0.1, -0.05) is 25.1 Å². The Morgan fingerprint density at radius 2 is 2.00 bits per heavy atom. The van der Waals surface area contributed by atoms with Gasteiger partial charge in [-0.05, 0) is 25.0 Å². The summed E-state index contributed by atoms with van der Waals surface area (Å²) in [5.74, 6) is 0. The standard InChI is InChI=1S/C12H15NO2S/c1-3-11(8-9-13)16(14,15)12-7-5-4-6-10(12)2/h4-7,11H,3,8H2,1-2H3. The van der Waals surface area contributed by atoms with Crippen LogP contribution < -0.4 is 0 Å². The monoisotopic (exact) mass is 237 g/mol. The molecule has 0 saturated carbocycles. The Hall–Kier alpha value is -1.34. The van der Waals surface area contributed by atoms with Gasteiger partial charge in [0.25, 0.3) is 0 Å². The quantitative estimate of drug-likeness (QED) is 0.808. The summed E-state index contributed by atoms with van der Waals surface area (Å²) in [6.45, 7) is 3.56. The van der Waals surface area contributed by atoms with Crippen LogP contribution in [0.2, 0.25) is 0 Å². The Morgan fingerprint density at radius 1 is 1.38 bits per heavy atom. The fourth-order valence-corrected chi connectivity index (χ4v) is 3.51. The molecule has 0 aromatic heterocycles. The molecule has 0 bridgehead atoms. The third kappa shape index (κ3) is 2.42. The maximum absolute atomic E-state index is 12.2. The van der Waals surface area contributed by atoms with Gasteiger partial charge in [0, 0.05) is 0 Å². The van der Waals surface area contributed by atoms with E-state index in [4.69, 9.17) is 5.26 Å². The van der Waals surface area contributed by atoms with Crippen molar-refractivity contribution in [1.82, 2.24) is 0 Å². The lowest BCUT2D eigenvalue weighted by Gasteiger charge is -2.14. The van der Waals surface area contributed by atoms with Crippen LogP contribution in [0.15, 0.2) is 29.2 Å². The highest BCUT2D eigenvalue weighted by Crippen LogP contribution is 2.23. The normalized spacial score (nSPS) is 13.1. The summed E-state index contributed by atoms with van der Waals surface area (Å²) in [6.07, 6.45) is 0.511. The van der Waals surface area contributed by atoms with Crippen molar-refractivity contribution in [2.45, 2.75) is 36.8 Å². The molecule has 0 N–H and O–H groups in total. The first-order chi connectivity index (χ1) is 7.54. The Bertz CT molecular complexity index is 500. The minimum atomic E-state index is -3.37. The maximum Gasteiger partial charge on any atom is 0.182 e. The van der Waals surface area contributed by atoms with Gasteiger partial charge in [0.2, 0.25) is 0 Å². The van der Waals surface area contributed by atoms with E-state index in [1.807, 2.05) is 6.07 Å². The van der Waals surface area contributed by atoms with Gasteiger partial charge < -0.3 is 0 Å². The molecule has 0 fully saturated rings. The molecule has 0 saturated heterocycles. The van der Waals surface area contributed by atoms with Gasteiger partial charge in [-0.3, -0.25) is 0 Å². The highest BCUT2D eigenvalue weighted by Gasteiger charge is 2.26.